The number of hydrogen-bond donors (Lipinski definition) is 11. The lowest BCUT2D eigenvalue weighted by atomic mass is 9.96. The monoisotopic (exact) mass is 589 g/mol. The lowest BCUT2D eigenvalue weighted by Crippen LogP contribution is -2.66. The fourth-order valence-electron chi connectivity index (χ4n) is 4.78. The summed E-state index contributed by atoms with van der Waals surface area (Å²) < 4.78 is 33.3. The van der Waals surface area contributed by atoms with Crippen LogP contribution in [0.25, 0.3) is 0 Å². The van der Waals surface area contributed by atoms with Gasteiger partial charge in [0.05, 0.1) is 19.8 Å². The Bertz CT molecular complexity index is 735. The Morgan fingerprint density at radius 3 is 1.55 bits per heavy atom. The van der Waals surface area contributed by atoms with Gasteiger partial charge < -0.3 is 85.2 Å². The van der Waals surface area contributed by atoms with Gasteiger partial charge in [0.2, 0.25) is 0 Å². The van der Waals surface area contributed by atoms with E-state index >= 15 is 0 Å². The van der Waals surface area contributed by atoms with E-state index in [0.717, 1.165) is 12.8 Å². The van der Waals surface area contributed by atoms with Gasteiger partial charge in [0.25, 0.3) is 0 Å². The zero-order valence-electron chi connectivity index (χ0n) is 21.8. The molecule has 40 heavy (non-hydrogen) atoms. The van der Waals surface area contributed by atoms with Crippen molar-refractivity contribution in [1.29, 1.82) is 0 Å². The Balaban J connectivity index is 1.70. The minimum absolute atomic E-state index is 0.149. The molecular weight excluding hydrogens is 546 g/mol. The second kappa shape index (κ2) is 15.7. The van der Waals surface area contributed by atoms with Gasteiger partial charge >= 0.3 is 0 Å². The van der Waals surface area contributed by atoms with Gasteiger partial charge in [-0.3, -0.25) is 0 Å². The summed E-state index contributed by atoms with van der Waals surface area (Å²) in [7, 11) is 0. The number of rotatable bonds is 13. The quantitative estimate of drug-likeness (QED) is 0.0890. The van der Waals surface area contributed by atoms with Crippen LogP contribution >= 0.6 is 0 Å². The largest absolute Gasteiger partial charge is 0.394 e. The van der Waals surface area contributed by atoms with Gasteiger partial charge in [-0.25, -0.2) is 0 Å². The van der Waals surface area contributed by atoms with Crippen molar-refractivity contribution in [2.45, 2.75) is 111 Å². The van der Waals surface area contributed by atoms with E-state index in [9.17, 15) is 51.1 Å². The first-order valence-corrected chi connectivity index (χ1v) is 13.3. The summed E-state index contributed by atoms with van der Waals surface area (Å²) in [5.74, 6) is 0. The number of aliphatic hydroxyl groups excluding tert-OH is 10. The molecule has 3 fully saturated rings. The first-order valence-electron chi connectivity index (χ1n) is 13.3. The normalized spacial score (nSPS) is 46.4. The van der Waals surface area contributed by atoms with Crippen molar-refractivity contribution in [3.8, 4) is 0 Å². The van der Waals surface area contributed by atoms with Gasteiger partial charge in [0.1, 0.15) is 73.2 Å². The molecule has 0 aromatic heterocycles. The molecule has 3 saturated heterocycles. The number of aliphatic hydroxyl groups is 10. The van der Waals surface area contributed by atoms with E-state index in [1.807, 2.05) is 0 Å². The molecule has 17 heteroatoms. The van der Waals surface area contributed by atoms with Crippen LogP contribution in [0, 0.1) is 0 Å². The first-order chi connectivity index (χ1) is 19.1. The predicted molar refractivity (Wildman–Crippen MR) is 128 cm³/mol. The standard InChI is InChI=1S/C23H43NO16/c24-4-2-1-3-5-35-23-20(15(31)13(29)10(7-26)37-23)40-22-18(34)16(32)19(11(8-27)38-22)39-21-17(33)14(30)12(28)9(6-25)36-21/h9-23,25-34H,1-8,24H2/t9-,10-,11-,12-,13-,14+,15+,16-,17-,18-,19-,20-,21+,22-,23+/m1/s1. The van der Waals surface area contributed by atoms with Gasteiger partial charge in [0, 0.05) is 6.61 Å². The lowest BCUT2D eigenvalue weighted by Gasteiger charge is -2.48. The maximum Gasteiger partial charge on any atom is 0.187 e. The van der Waals surface area contributed by atoms with Crippen molar-refractivity contribution in [3.63, 3.8) is 0 Å². The number of hydrogen-bond acceptors (Lipinski definition) is 17. The van der Waals surface area contributed by atoms with Crippen molar-refractivity contribution in [2.75, 3.05) is 33.0 Å². The van der Waals surface area contributed by atoms with Crippen LogP contribution in [0.3, 0.4) is 0 Å². The maximum atomic E-state index is 10.8. The molecule has 3 aliphatic heterocycles. The highest BCUT2D eigenvalue weighted by Crippen LogP contribution is 2.32. The highest BCUT2D eigenvalue weighted by molar-refractivity contribution is 4.96. The Kier molecular flexibility index (Phi) is 13.3. The average Bonchev–Trinajstić information content (AvgIpc) is 2.95. The smallest absolute Gasteiger partial charge is 0.187 e. The van der Waals surface area contributed by atoms with Crippen LogP contribution < -0.4 is 5.73 Å². The third kappa shape index (κ3) is 7.63. The van der Waals surface area contributed by atoms with Crippen LogP contribution in [0.4, 0.5) is 0 Å². The fourth-order valence-corrected chi connectivity index (χ4v) is 4.78. The predicted octanol–water partition coefficient (Wildman–Crippen LogP) is -6.42. The summed E-state index contributed by atoms with van der Waals surface area (Å²) in [6.45, 7) is -1.53. The van der Waals surface area contributed by atoms with Gasteiger partial charge in [-0.1, -0.05) is 0 Å². The van der Waals surface area contributed by atoms with Crippen molar-refractivity contribution < 1.29 is 79.5 Å². The molecule has 0 aromatic rings. The van der Waals surface area contributed by atoms with Crippen LogP contribution in [0.15, 0.2) is 0 Å². The van der Waals surface area contributed by atoms with Crippen LogP contribution in [-0.2, 0) is 28.4 Å². The zero-order chi connectivity index (χ0) is 29.6. The zero-order valence-corrected chi connectivity index (χ0v) is 21.8. The molecule has 0 spiro atoms. The molecule has 236 valence electrons. The number of nitrogens with two attached hydrogens (primary N) is 1. The van der Waals surface area contributed by atoms with Crippen molar-refractivity contribution in [1.82, 2.24) is 0 Å². The van der Waals surface area contributed by atoms with E-state index in [4.69, 9.17) is 34.2 Å². The maximum absolute atomic E-state index is 10.8. The summed E-state index contributed by atoms with van der Waals surface area (Å²) in [6.07, 6.45) is -21.9. The topological polar surface area (TPSA) is 284 Å². The molecule has 15 atom stereocenters. The molecule has 12 N–H and O–H groups in total. The molecule has 0 aromatic carbocycles. The van der Waals surface area contributed by atoms with Gasteiger partial charge in [-0.2, -0.15) is 0 Å². The Morgan fingerprint density at radius 2 is 0.975 bits per heavy atom. The molecule has 0 saturated carbocycles. The van der Waals surface area contributed by atoms with Gasteiger partial charge in [0.15, 0.2) is 18.9 Å². The highest BCUT2D eigenvalue weighted by Gasteiger charge is 2.53. The second-order valence-electron chi connectivity index (χ2n) is 10.0. The van der Waals surface area contributed by atoms with Crippen LogP contribution in [0.5, 0.6) is 0 Å². The van der Waals surface area contributed by atoms with Gasteiger partial charge in [-0.15, -0.1) is 0 Å². The second-order valence-corrected chi connectivity index (χ2v) is 10.0. The third-order valence-electron chi connectivity index (χ3n) is 7.21. The van der Waals surface area contributed by atoms with E-state index in [1.165, 1.54) is 0 Å². The summed E-state index contributed by atoms with van der Waals surface area (Å²) in [5, 5.41) is 102. The molecule has 0 radical (unpaired) electrons. The minimum atomic E-state index is -1.89. The summed E-state index contributed by atoms with van der Waals surface area (Å²) in [6, 6.07) is 0. The molecule has 0 amide bonds. The SMILES string of the molecule is NCCCCCO[C@H]1O[C@H](CO)[C@@H](O)[C@H](O)[C@H]1O[C@H]1O[C@H](CO)[C@@H](O[C@@H]2O[C@H](CO)[C@@H](O)[C@H](O)[C@H]2O)[C@H](O)[C@H]1O. The first kappa shape index (κ1) is 33.8. The minimum Gasteiger partial charge on any atom is -0.394 e. The van der Waals surface area contributed by atoms with E-state index in [0.29, 0.717) is 13.0 Å². The van der Waals surface area contributed by atoms with E-state index in [2.05, 4.69) is 0 Å². The summed E-state index contributed by atoms with van der Waals surface area (Å²) in [5.41, 5.74) is 5.48. The summed E-state index contributed by atoms with van der Waals surface area (Å²) >= 11 is 0. The Labute approximate surface area is 230 Å². The lowest BCUT2D eigenvalue weighted by molar-refractivity contribution is -0.384. The molecule has 17 nitrogen and oxygen atoms in total. The molecule has 0 unspecified atom stereocenters. The number of unbranched alkanes of at least 4 members (excludes halogenated alkanes) is 2. The molecule has 3 rings (SSSR count). The molecule has 0 bridgehead atoms. The average molecular weight is 590 g/mol. The van der Waals surface area contributed by atoms with Gasteiger partial charge in [-0.05, 0) is 25.8 Å². The number of ether oxygens (including phenoxy) is 6. The van der Waals surface area contributed by atoms with Crippen molar-refractivity contribution >= 4 is 0 Å². The molecule has 3 aliphatic rings. The van der Waals surface area contributed by atoms with E-state index in [-0.39, 0.29) is 6.61 Å². The summed E-state index contributed by atoms with van der Waals surface area (Å²) in [4.78, 5) is 0. The van der Waals surface area contributed by atoms with E-state index in [1.54, 1.807) is 0 Å². The van der Waals surface area contributed by atoms with Crippen LogP contribution in [0.2, 0.25) is 0 Å². The van der Waals surface area contributed by atoms with E-state index < -0.39 is 112 Å². The third-order valence-corrected chi connectivity index (χ3v) is 7.21. The van der Waals surface area contributed by atoms with Crippen LogP contribution in [0.1, 0.15) is 19.3 Å². The Morgan fingerprint density at radius 1 is 0.500 bits per heavy atom. The van der Waals surface area contributed by atoms with Crippen molar-refractivity contribution in [3.05, 3.63) is 0 Å². The fraction of sp³-hybridized carbons (Fsp3) is 1.00. The molecule has 3 heterocycles. The van der Waals surface area contributed by atoms with Crippen LogP contribution in [-0.4, -0.2) is 176 Å². The van der Waals surface area contributed by atoms with Crippen molar-refractivity contribution in [2.24, 2.45) is 5.73 Å². The molecule has 0 aliphatic carbocycles. The Hall–Kier alpha value is -0.680. The highest BCUT2D eigenvalue weighted by atomic mass is 16.8. The molecular formula is C23H43NO16.